The van der Waals surface area contributed by atoms with Gasteiger partial charge in [0.05, 0.1) is 5.69 Å². The van der Waals surface area contributed by atoms with Crippen molar-refractivity contribution in [2.24, 2.45) is 12.5 Å². The zero-order valence-electron chi connectivity index (χ0n) is 19.5. The zero-order chi connectivity index (χ0) is 24.7. The molecule has 35 heavy (non-hydrogen) atoms. The molecule has 1 saturated heterocycles. The molecule has 1 unspecified atom stereocenters. The maximum atomic E-state index is 13.2. The minimum Gasteiger partial charge on any atom is -0.481 e. The molecule has 2 N–H and O–H groups in total. The van der Waals surface area contributed by atoms with Crippen LogP contribution in [-0.4, -0.2) is 57.5 Å². The molecule has 1 fully saturated rings. The van der Waals surface area contributed by atoms with Crippen LogP contribution in [0.15, 0.2) is 60.8 Å². The van der Waals surface area contributed by atoms with Gasteiger partial charge >= 0.3 is 12.1 Å². The van der Waals surface area contributed by atoms with E-state index in [0.717, 1.165) is 22.3 Å². The molecular weight excluding hydrogens is 448 g/mol. The van der Waals surface area contributed by atoms with Gasteiger partial charge in [-0.15, -0.1) is 0 Å². The van der Waals surface area contributed by atoms with Crippen molar-refractivity contribution in [2.75, 3.05) is 19.7 Å². The molecule has 2 aliphatic rings. The number of carboxylic acids is 1. The third-order valence-electron chi connectivity index (χ3n) is 6.92. The Hall–Kier alpha value is -4.14. The first kappa shape index (κ1) is 22.6. The molecule has 0 bridgehead atoms. The number of carboxylic acid groups (broad SMARTS) is 1. The van der Waals surface area contributed by atoms with Crippen molar-refractivity contribution in [1.29, 1.82) is 0 Å². The second-order valence-electron chi connectivity index (χ2n) is 9.34. The van der Waals surface area contributed by atoms with Gasteiger partial charge in [0.25, 0.3) is 5.91 Å². The van der Waals surface area contributed by atoms with Gasteiger partial charge in [-0.3, -0.25) is 14.3 Å². The Labute approximate surface area is 202 Å². The van der Waals surface area contributed by atoms with Crippen molar-refractivity contribution in [3.05, 3.63) is 77.6 Å². The number of amides is 2. The highest BCUT2D eigenvalue weighted by Gasteiger charge is 2.49. The maximum absolute atomic E-state index is 13.2. The Morgan fingerprint density at radius 1 is 1.09 bits per heavy atom. The summed E-state index contributed by atoms with van der Waals surface area (Å²) in [5.41, 5.74) is 3.92. The molecule has 1 aliphatic carbocycles. The van der Waals surface area contributed by atoms with E-state index in [1.54, 1.807) is 20.0 Å². The molecule has 5 rings (SSSR count). The van der Waals surface area contributed by atoms with Crippen molar-refractivity contribution in [1.82, 2.24) is 20.0 Å². The summed E-state index contributed by atoms with van der Waals surface area (Å²) in [7, 11) is 1.67. The number of aryl methyl sites for hydroxylation is 1. The van der Waals surface area contributed by atoms with Crippen LogP contribution in [0.3, 0.4) is 0 Å². The van der Waals surface area contributed by atoms with Gasteiger partial charge in [0.1, 0.15) is 12.0 Å². The van der Waals surface area contributed by atoms with E-state index in [2.05, 4.69) is 22.5 Å². The number of aromatic nitrogens is 2. The minimum absolute atomic E-state index is 0.0713. The fourth-order valence-electron chi connectivity index (χ4n) is 4.96. The number of aliphatic carboxylic acids is 1. The number of benzene rings is 2. The van der Waals surface area contributed by atoms with Crippen LogP contribution in [0.25, 0.3) is 11.1 Å². The summed E-state index contributed by atoms with van der Waals surface area (Å²) < 4.78 is 7.13. The average Bonchev–Trinajstić information content (AvgIpc) is 3.39. The Morgan fingerprint density at radius 3 is 2.23 bits per heavy atom. The highest BCUT2D eigenvalue weighted by molar-refractivity contribution is 5.89. The number of nitrogens with one attached hydrogen (secondary N) is 1. The molecule has 9 nitrogen and oxygen atoms in total. The lowest BCUT2D eigenvalue weighted by Gasteiger charge is -2.46. The number of fused-ring (bicyclic) bond motifs is 3. The van der Waals surface area contributed by atoms with Gasteiger partial charge in [0, 0.05) is 32.3 Å². The molecule has 1 aromatic heterocycles. The summed E-state index contributed by atoms with van der Waals surface area (Å²) in [6, 6.07) is 16.7. The van der Waals surface area contributed by atoms with E-state index in [1.165, 1.54) is 15.8 Å². The Morgan fingerprint density at radius 2 is 1.69 bits per heavy atom. The Balaban J connectivity index is 1.30. The number of ether oxygens (including phenoxy) is 1. The van der Waals surface area contributed by atoms with E-state index in [1.807, 2.05) is 36.4 Å². The molecule has 9 heteroatoms. The second-order valence-corrected chi connectivity index (χ2v) is 9.34. The van der Waals surface area contributed by atoms with Crippen LogP contribution < -0.4 is 5.32 Å². The monoisotopic (exact) mass is 474 g/mol. The van der Waals surface area contributed by atoms with Crippen LogP contribution in [-0.2, 0) is 21.4 Å². The number of nitrogens with zero attached hydrogens (tertiary/aromatic N) is 3. The number of hydrogen-bond donors (Lipinski definition) is 2. The number of carbonyl (C=O) groups is 3. The summed E-state index contributed by atoms with van der Waals surface area (Å²) >= 11 is 0. The van der Waals surface area contributed by atoms with Gasteiger partial charge in [0.2, 0.25) is 0 Å². The van der Waals surface area contributed by atoms with Crippen molar-refractivity contribution in [3.8, 4) is 11.1 Å². The molecule has 180 valence electrons. The fraction of sp³-hybridized carbons (Fsp3) is 0.308. The molecule has 1 aliphatic heterocycles. The molecule has 1 atom stereocenters. The summed E-state index contributed by atoms with van der Waals surface area (Å²) in [5.74, 6) is -1.46. The first-order chi connectivity index (χ1) is 16.8. The van der Waals surface area contributed by atoms with Gasteiger partial charge in [-0.2, -0.15) is 5.10 Å². The standard InChI is InChI=1S/C26H26N4O5/c1-26(24(32)33)14-30(15-26)23(31)22(21-11-12-27-29(21)2)28-25(34)35-13-20-18-9-5-3-7-16(18)17-8-4-6-10-19(17)20/h3-12,20,22H,13-15H2,1-2H3,(H,28,34)(H,32,33). The molecule has 2 amide bonds. The number of hydrogen-bond acceptors (Lipinski definition) is 5. The van der Waals surface area contributed by atoms with Crippen molar-refractivity contribution < 1.29 is 24.2 Å². The fourth-order valence-corrected chi connectivity index (χ4v) is 4.96. The van der Waals surface area contributed by atoms with Gasteiger partial charge in [0.15, 0.2) is 6.04 Å². The summed E-state index contributed by atoms with van der Waals surface area (Å²) in [4.78, 5) is 39.0. The second kappa shape index (κ2) is 8.57. The number of rotatable bonds is 6. The zero-order valence-corrected chi connectivity index (χ0v) is 19.5. The number of likely N-dealkylation sites (tertiary alicyclic amines) is 1. The van der Waals surface area contributed by atoms with Crippen LogP contribution in [0.5, 0.6) is 0 Å². The SMILES string of the molecule is Cn1nccc1C(NC(=O)OCC1c2ccccc2-c2ccccc21)C(=O)N1CC(C)(C(=O)O)C1. The molecular formula is C26H26N4O5. The van der Waals surface area contributed by atoms with E-state index in [0.29, 0.717) is 5.69 Å². The molecule has 2 heterocycles. The van der Waals surface area contributed by atoms with Gasteiger partial charge in [-0.05, 0) is 35.2 Å². The van der Waals surface area contributed by atoms with E-state index in [4.69, 9.17) is 4.74 Å². The van der Waals surface area contributed by atoms with Crippen LogP contribution >= 0.6 is 0 Å². The average molecular weight is 475 g/mol. The maximum Gasteiger partial charge on any atom is 0.408 e. The van der Waals surface area contributed by atoms with Crippen molar-refractivity contribution >= 4 is 18.0 Å². The summed E-state index contributed by atoms with van der Waals surface area (Å²) in [6.07, 6.45) is 0.805. The molecule has 0 radical (unpaired) electrons. The summed E-state index contributed by atoms with van der Waals surface area (Å²) in [6.45, 7) is 1.86. The molecule has 0 saturated carbocycles. The molecule has 2 aromatic carbocycles. The van der Waals surface area contributed by atoms with E-state index in [9.17, 15) is 19.5 Å². The van der Waals surface area contributed by atoms with Crippen LogP contribution in [0.1, 0.15) is 35.7 Å². The van der Waals surface area contributed by atoms with E-state index >= 15 is 0 Å². The lowest BCUT2D eigenvalue weighted by molar-refractivity contribution is -0.164. The third-order valence-corrected chi connectivity index (χ3v) is 6.92. The number of carbonyl (C=O) groups excluding carboxylic acids is 2. The molecule has 3 aromatic rings. The van der Waals surface area contributed by atoms with Crippen LogP contribution in [0.4, 0.5) is 4.79 Å². The van der Waals surface area contributed by atoms with Gasteiger partial charge < -0.3 is 20.1 Å². The quantitative estimate of drug-likeness (QED) is 0.568. The largest absolute Gasteiger partial charge is 0.481 e. The van der Waals surface area contributed by atoms with Crippen molar-refractivity contribution in [3.63, 3.8) is 0 Å². The smallest absolute Gasteiger partial charge is 0.408 e. The number of alkyl carbamates (subject to hydrolysis) is 1. The van der Waals surface area contributed by atoms with Crippen molar-refractivity contribution in [2.45, 2.75) is 18.9 Å². The van der Waals surface area contributed by atoms with Gasteiger partial charge in [-0.25, -0.2) is 4.79 Å². The highest BCUT2D eigenvalue weighted by Crippen LogP contribution is 2.44. The molecule has 0 spiro atoms. The van der Waals surface area contributed by atoms with Gasteiger partial charge in [-0.1, -0.05) is 48.5 Å². The Bertz CT molecular complexity index is 1260. The van der Waals surface area contributed by atoms with E-state index < -0.39 is 29.4 Å². The summed E-state index contributed by atoms with van der Waals surface area (Å²) in [5, 5.41) is 16.2. The Kier molecular flexibility index (Phi) is 5.55. The predicted octanol–water partition coefficient (Wildman–Crippen LogP) is 2.93. The third kappa shape index (κ3) is 3.92. The van der Waals surface area contributed by atoms with Crippen LogP contribution in [0, 0.1) is 5.41 Å². The topological polar surface area (TPSA) is 114 Å². The predicted molar refractivity (Wildman–Crippen MR) is 126 cm³/mol. The van der Waals surface area contributed by atoms with E-state index in [-0.39, 0.29) is 25.6 Å². The normalized spacial score (nSPS) is 16.6. The first-order valence-corrected chi connectivity index (χ1v) is 11.4. The minimum atomic E-state index is -1.04. The van der Waals surface area contributed by atoms with Crippen LogP contribution in [0.2, 0.25) is 0 Å². The highest BCUT2D eigenvalue weighted by atomic mass is 16.5. The lowest BCUT2D eigenvalue weighted by Crippen LogP contribution is -2.62. The first-order valence-electron chi connectivity index (χ1n) is 11.4. The lowest BCUT2D eigenvalue weighted by atomic mass is 9.81.